The van der Waals surface area contributed by atoms with Gasteiger partial charge in [-0.15, -0.1) is 0 Å². The van der Waals surface area contributed by atoms with Crippen LogP contribution in [0.1, 0.15) is 12.5 Å². The van der Waals surface area contributed by atoms with Crippen LogP contribution in [-0.4, -0.2) is 56.8 Å². The van der Waals surface area contributed by atoms with Crippen LogP contribution in [-0.2, 0) is 14.8 Å². The van der Waals surface area contributed by atoms with E-state index >= 15 is 0 Å². The molecule has 1 aliphatic rings. The molecule has 0 aliphatic carbocycles. The summed E-state index contributed by atoms with van der Waals surface area (Å²) in [5.41, 5.74) is 3.94. The molecular formula is C19H22N4O6S. The van der Waals surface area contributed by atoms with E-state index in [-0.39, 0.29) is 42.6 Å². The number of anilines is 1. The Kier molecular flexibility index (Phi) is 6.65. The average Bonchev–Trinajstić information content (AvgIpc) is 2.77. The molecule has 2 aromatic carbocycles. The highest BCUT2D eigenvalue weighted by Crippen LogP contribution is 2.29. The summed E-state index contributed by atoms with van der Waals surface area (Å²) in [6.07, 6.45) is 0. The smallest absolute Gasteiger partial charge is 0.270 e. The fourth-order valence-corrected chi connectivity index (χ4v) is 4.48. The van der Waals surface area contributed by atoms with E-state index in [1.165, 1.54) is 16.4 Å². The zero-order valence-electron chi connectivity index (χ0n) is 16.6. The number of ether oxygens (including phenoxy) is 2. The molecule has 2 aromatic rings. The van der Waals surface area contributed by atoms with Gasteiger partial charge in [-0.3, -0.25) is 15.5 Å². The molecule has 0 radical (unpaired) electrons. The maximum Gasteiger partial charge on any atom is 0.270 e. The van der Waals surface area contributed by atoms with Gasteiger partial charge >= 0.3 is 0 Å². The second-order valence-corrected chi connectivity index (χ2v) is 8.40. The van der Waals surface area contributed by atoms with Gasteiger partial charge < -0.3 is 9.47 Å². The van der Waals surface area contributed by atoms with Gasteiger partial charge in [0.2, 0.25) is 10.0 Å². The summed E-state index contributed by atoms with van der Waals surface area (Å²) in [5, 5.41) is 15.5. The summed E-state index contributed by atoms with van der Waals surface area (Å²) in [5.74, 6) is 0.660. The van der Waals surface area contributed by atoms with Crippen molar-refractivity contribution in [1.82, 2.24) is 4.31 Å². The molecule has 1 fully saturated rings. The highest BCUT2D eigenvalue weighted by Gasteiger charge is 2.30. The van der Waals surface area contributed by atoms with Crippen molar-refractivity contribution in [3.05, 3.63) is 58.1 Å². The number of rotatable bonds is 7. The number of nitro groups is 1. The fourth-order valence-electron chi connectivity index (χ4n) is 2.91. The molecule has 0 saturated carbocycles. The average molecular weight is 434 g/mol. The first-order valence-corrected chi connectivity index (χ1v) is 10.6. The molecule has 0 atom stereocenters. The van der Waals surface area contributed by atoms with E-state index in [9.17, 15) is 18.5 Å². The summed E-state index contributed by atoms with van der Waals surface area (Å²) < 4.78 is 37.9. The molecule has 1 N–H and O–H groups in total. The molecule has 0 unspecified atom stereocenters. The van der Waals surface area contributed by atoms with E-state index in [1.54, 1.807) is 26.2 Å². The number of hydrogen-bond donors (Lipinski definition) is 1. The Morgan fingerprint density at radius 2 is 1.97 bits per heavy atom. The van der Waals surface area contributed by atoms with Crippen LogP contribution >= 0.6 is 0 Å². The fraction of sp³-hybridized carbons (Fsp3) is 0.316. The Labute approximate surface area is 174 Å². The Balaban J connectivity index is 1.96. The number of methoxy groups -OCH3 is 1. The van der Waals surface area contributed by atoms with Crippen molar-refractivity contribution in [2.24, 2.45) is 5.10 Å². The van der Waals surface area contributed by atoms with E-state index < -0.39 is 14.9 Å². The third kappa shape index (κ3) is 4.75. The zero-order valence-corrected chi connectivity index (χ0v) is 17.4. The molecule has 1 saturated heterocycles. The third-order valence-corrected chi connectivity index (χ3v) is 6.53. The molecule has 10 nitrogen and oxygen atoms in total. The molecule has 0 aromatic heterocycles. The SMILES string of the molecule is COc1cccc(/C(C)=N/Nc2ccc([N+](=O)[O-])cc2S(=O)(=O)N2CCOCC2)c1. The number of hydrazone groups is 1. The van der Waals surface area contributed by atoms with Gasteiger partial charge in [0, 0.05) is 30.8 Å². The van der Waals surface area contributed by atoms with Gasteiger partial charge in [-0.1, -0.05) is 12.1 Å². The van der Waals surface area contributed by atoms with E-state index in [4.69, 9.17) is 9.47 Å². The van der Waals surface area contributed by atoms with Crippen LogP contribution in [0.25, 0.3) is 0 Å². The van der Waals surface area contributed by atoms with Crippen molar-refractivity contribution < 1.29 is 22.8 Å². The summed E-state index contributed by atoms with van der Waals surface area (Å²) in [7, 11) is -2.42. The minimum atomic E-state index is -3.97. The summed E-state index contributed by atoms with van der Waals surface area (Å²) in [6.45, 7) is 2.64. The molecule has 1 heterocycles. The van der Waals surface area contributed by atoms with Crippen LogP contribution in [0.5, 0.6) is 5.75 Å². The van der Waals surface area contributed by atoms with Gasteiger partial charge in [0.05, 0.1) is 36.6 Å². The Morgan fingerprint density at radius 1 is 1.23 bits per heavy atom. The molecule has 3 rings (SSSR count). The number of benzene rings is 2. The van der Waals surface area contributed by atoms with Crippen LogP contribution in [0.2, 0.25) is 0 Å². The second kappa shape index (κ2) is 9.20. The lowest BCUT2D eigenvalue weighted by molar-refractivity contribution is -0.385. The largest absolute Gasteiger partial charge is 0.497 e. The lowest BCUT2D eigenvalue weighted by Gasteiger charge is -2.26. The maximum atomic E-state index is 13.1. The number of hydrogen-bond acceptors (Lipinski definition) is 8. The first-order valence-electron chi connectivity index (χ1n) is 9.14. The second-order valence-electron chi connectivity index (χ2n) is 6.50. The minimum Gasteiger partial charge on any atom is -0.497 e. The number of sulfonamides is 1. The summed E-state index contributed by atoms with van der Waals surface area (Å²) in [4.78, 5) is 10.4. The van der Waals surface area contributed by atoms with Crippen LogP contribution < -0.4 is 10.2 Å². The van der Waals surface area contributed by atoms with Crippen molar-refractivity contribution in [2.45, 2.75) is 11.8 Å². The molecule has 0 amide bonds. The van der Waals surface area contributed by atoms with E-state index in [1.807, 2.05) is 12.1 Å². The van der Waals surface area contributed by atoms with Crippen molar-refractivity contribution in [3.8, 4) is 5.75 Å². The predicted molar refractivity (Wildman–Crippen MR) is 112 cm³/mol. The monoisotopic (exact) mass is 434 g/mol. The number of nitrogens with zero attached hydrogens (tertiary/aromatic N) is 3. The van der Waals surface area contributed by atoms with Gasteiger partial charge in [0.25, 0.3) is 5.69 Å². The summed E-state index contributed by atoms with van der Waals surface area (Å²) in [6, 6.07) is 10.9. The Hall–Kier alpha value is -3.02. The van der Waals surface area contributed by atoms with Gasteiger partial charge in [0.15, 0.2) is 0 Å². The van der Waals surface area contributed by atoms with E-state index in [2.05, 4.69) is 10.5 Å². The maximum absolute atomic E-state index is 13.1. The molecular weight excluding hydrogens is 412 g/mol. The number of non-ortho nitro benzene ring substituents is 1. The lowest BCUT2D eigenvalue weighted by Crippen LogP contribution is -2.40. The lowest BCUT2D eigenvalue weighted by atomic mass is 10.1. The van der Waals surface area contributed by atoms with Crippen LogP contribution in [0.3, 0.4) is 0 Å². The van der Waals surface area contributed by atoms with Gasteiger partial charge in [0.1, 0.15) is 10.6 Å². The van der Waals surface area contributed by atoms with Crippen LogP contribution in [0.4, 0.5) is 11.4 Å². The van der Waals surface area contributed by atoms with E-state index in [0.29, 0.717) is 11.5 Å². The Bertz CT molecular complexity index is 1060. The van der Waals surface area contributed by atoms with E-state index in [0.717, 1.165) is 11.6 Å². The quantitative estimate of drug-likeness (QED) is 0.403. The molecule has 160 valence electrons. The standard InChI is InChI=1S/C19H22N4O6S/c1-14(15-4-3-5-17(12-15)28-2)20-21-18-7-6-16(23(24)25)13-19(18)30(26,27)22-8-10-29-11-9-22/h3-7,12-13,21H,8-11H2,1-2H3/b20-14+. The molecule has 11 heteroatoms. The molecule has 0 spiro atoms. The van der Waals surface area contributed by atoms with Crippen LogP contribution in [0.15, 0.2) is 52.5 Å². The highest BCUT2D eigenvalue weighted by atomic mass is 32.2. The molecule has 30 heavy (non-hydrogen) atoms. The van der Waals surface area contributed by atoms with Gasteiger partial charge in [-0.05, 0) is 25.1 Å². The number of nitrogens with one attached hydrogen (secondary N) is 1. The number of morpholine rings is 1. The normalized spacial score (nSPS) is 15.6. The molecule has 1 aliphatic heterocycles. The predicted octanol–water partition coefficient (Wildman–Crippen LogP) is 2.46. The topological polar surface area (TPSA) is 123 Å². The third-order valence-electron chi connectivity index (χ3n) is 4.60. The minimum absolute atomic E-state index is 0.148. The highest BCUT2D eigenvalue weighted by molar-refractivity contribution is 7.89. The van der Waals surface area contributed by atoms with Crippen molar-refractivity contribution in [2.75, 3.05) is 38.8 Å². The first-order chi connectivity index (χ1) is 14.3. The van der Waals surface area contributed by atoms with Crippen molar-refractivity contribution >= 4 is 27.1 Å². The van der Waals surface area contributed by atoms with Crippen molar-refractivity contribution in [3.63, 3.8) is 0 Å². The number of nitro benzene ring substituents is 1. The van der Waals surface area contributed by atoms with Crippen LogP contribution in [0, 0.1) is 10.1 Å². The van der Waals surface area contributed by atoms with Gasteiger partial charge in [-0.25, -0.2) is 8.42 Å². The summed E-state index contributed by atoms with van der Waals surface area (Å²) >= 11 is 0. The zero-order chi connectivity index (χ0) is 21.7. The first kappa shape index (κ1) is 21.7. The van der Waals surface area contributed by atoms with Gasteiger partial charge in [-0.2, -0.15) is 9.41 Å². The Morgan fingerprint density at radius 3 is 2.63 bits per heavy atom. The van der Waals surface area contributed by atoms with Crippen molar-refractivity contribution in [1.29, 1.82) is 0 Å². The molecule has 0 bridgehead atoms.